The van der Waals surface area contributed by atoms with Gasteiger partial charge in [-0.1, -0.05) is 13.8 Å². The van der Waals surface area contributed by atoms with E-state index in [1.807, 2.05) is 20.1 Å². The Bertz CT molecular complexity index is 766. The molecule has 0 saturated carbocycles. The molecule has 1 rings (SSSR count). The summed E-state index contributed by atoms with van der Waals surface area (Å²) in [6.07, 6.45) is 6.29. The second-order valence-electron chi connectivity index (χ2n) is 10.0. The van der Waals surface area contributed by atoms with Crippen molar-refractivity contribution in [2.24, 2.45) is 17.4 Å². The van der Waals surface area contributed by atoms with Crippen molar-refractivity contribution in [1.29, 1.82) is 0 Å². The molecule has 0 unspecified atom stereocenters. The van der Waals surface area contributed by atoms with Gasteiger partial charge in [-0.2, -0.15) is 11.8 Å². The Kier molecular flexibility index (Phi) is 15.4. The number of likely N-dealkylation sites (tertiary alicyclic amines) is 1. The summed E-state index contributed by atoms with van der Waals surface area (Å²) in [7, 11) is 0. The molecule has 11 nitrogen and oxygen atoms in total. The van der Waals surface area contributed by atoms with Crippen LogP contribution < -0.4 is 27.4 Å². The number of unbranched alkanes of at least 4 members (excludes halogenated alkanes) is 1. The van der Waals surface area contributed by atoms with Crippen molar-refractivity contribution in [2.75, 3.05) is 25.1 Å². The molecule has 4 amide bonds. The first-order valence-corrected chi connectivity index (χ1v) is 14.6. The van der Waals surface area contributed by atoms with Gasteiger partial charge in [0.25, 0.3) is 0 Å². The van der Waals surface area contributed by atoms with Crippen molar-refractivity contribution in [2.45, 2.75) is 95.9 Å². The SMILES string of the molecule is CSCC[C@@H](C=O)NC(=O)[C@H](CCCCN)NC(=O)[C@@H]1CCCN1C(=O)[C@H](CC(C)C)NC(=O)[C@H](C)N. The first-order chi connectivity index (χ1) is 17.5. The van der Waals surface area contributed by atoms with Gasteiger partial charge >= 0.3 is 0 Å². The van der Waals surface area contributed by atoms with Gasteiger partial charge in [-0.05, 0) is 76.3 Å². The molecule has 0 spiro atoms. The molecule has 12 heteroatoms. The van der Waals surface area contributed by atoms with E-state index in [0.29, 0.717) is 70.1 Å². The zero-order valence-electron chi connectivity index (χ0n) is 22.7. The summed E-state index contributed by atoms with van der Waals surface area (Å²) >= 11 is 1.57. The van der Waals surface area contributed by atoms with Gasteiger partial charge in [-0.3, -0.25) is 19.2 Å². The molecule has 0 radical (unpaired) electrons. The maximum atomic E-state index is 13.4. The van der Waals surface area contributed by atoms with Crippen LogP contribution in [0.25, 0.3) is 0 Å². The van der Waals surface area contributed by atoms with Crippen molar-refractivity contribution in [3.05, 3.63) is 0 Å². The van der Waals surface area contributed by atoms with Crippen molar-refractivity contribution in [3.63, 3.8) is 0 Å². The van der Waals surface area contributed by atoms with Crippen LogP contribution in [-0.2, 0) is 24.0 Å². The Morgan fingerprint density at radius 3 is 2.30 bits per heavy atom. The summed E-state index contributed by atoms with van der Waals surface area (Å²) in [4.78, 5) is 64.9. The molecule has 7 N–H and O–H groups in total. The van der Waals surface area contributed by atoms with Gasteiger partial charge in [0.15, 0.2) is 0 Å². The number of carbonyl (C=O) groups is 5. The van der Waals surface area contributed by atoms with Gasteiger partial charge < -0.3 is 37.1 Å². The Morgan fingerprint density at radius 2 is 1.73 bits per heavy atom. The van der Waals surface area contributed by atoms with Gasteiger partial charge in [0.05, 0.1) is 12.1 Å². The molecule has 0 aliphatic carbocycles. The van der Waals surface area contributed by atoms with E-state index in [0.717, 1.165) is 0 Å². The quantitative estimate of drug-likeness (QED) is 0.125. The fourth-order valence-corrected chi connectivity index (χ4v) is 4.72. The lowest BCUT2D eigenvalue weighted by atomic mass is 10.0. The van der Waals surface area contributed by atoms with Crippen LogP contribution in [0.5, 0.6) is 0 Å². The Labute approximate surface area is 225 Å². The third kappa shape index (κ3) is 11.4. The normalized spacial score (nSPS) is 18.6. The predicted molar refractivity (Wildman–Crippen MR) is 146 cm³/mol. The van der Waals surface area contributed by atoms with E-state index < -0.39 is 47.9 Å². The topological polar surface area (TPSA) is 177 Å². The van der Waals surface area contributed by atoms with Gasteiger partial charge in [-0.15, -0.1) is 0 Å². The molecule has 1 aliphatic rings. The van der Waals surface area contributed by atoms with Crippen molar-refractivity contribution >= 4 is 41.7 Å². The number of hydrogen-bond donors (Lipinski definition) is 5. The number of thioether (sulfide) groups is 1. The summed E-state index contributed by atoms with van der Waals surface area (Å²) in [6, 6.07) is -3.79. The first kappa shape index (κ1) is 32.8. The number of aldehydes is 1. The number of hydrogen-bond acceptors (Lipinski definition) is 8. The Morgan fingerprint density at radius 1 is 1.03 bits per heavy atom. The van der Waals surface area contributed by atoms with E-state index in [1.165, 1.54) is 4.90 Å². The highest BCUT2D eigenvalue weighted by atomic mass is 32.2. The lowest BCUT2D eigenvalue weighted by molar-refractivity contribution is -0.142. The van der Waals surface area contributed by atoms with Gasteiger partial charge in [0.2, 0.25) is 23.6 Å². The minimum atomic E-state index is -0.849. The molecule has 1 heterocycles. The van der Waals surface area contributed by atoms with E-state index in [1.54, 1.807) is 18.7 Å². The van der Waals surface area contributed by atoms with E-state index >= 15 is 0 Å². The minimum absolute atomic E-state index is 0.129. The fraction of sp³-hybridized carbons (Fsp3) is 0.800. The first-order valence-electron chi connectivity index (χ1n) is 13.2. The standard InChI is InChI=1S/C25H46N6O5S/c1-16(2)14-20(30-22(33)17(3)27)25(36)31-12-7-9-21(31)24(35)29-19(8-5-6-11-26)23(34)28-18(15-32)10-13-37-4/h15-21H,5-14,26-27H2,1-4H3,(H,28,34)(H,29,35)(H,30,33)/t17-,18-,19-,20-,21-/m0/s1. The number of amides is 4. The number of carbonyl (C=O) groups excluding carboxylic acids is 5. The zero-order chi connectivity index (χ0) is 28.0. The summed E-state index contributed by atoms with van der Waals surface area (Å²) < 4.78 is 0. The largest absolute Gasteiger partial charge is 0.345 e. The molecule has 5 atom stereocenters. The van der Waals surface area contributed by atoms with E-state index in [-0.39, 0.29) is 11.8 Å². The van der Waals surface area contributed by atoms with Crippen molar-refractivity contribution in [3.8, 4) is 0 Å². The van der Waals surface area contributed by atoms with Crippen LogP contribution >= 0.6 is 11.8 Å². The molecule has 1 fully saturated rings. The average molecular weight is 543 g/mol. The molecule has 0 aromatic heterocycles. The van der Waals surface area contributed by atoms with E-state index in [4.69, 9.17) is 11.5 Å². The number of nitrogens with two attached hydrogens (primary N) is 2. The molecule has 212 valence electrons. The number of nitrogens with zero attached hydrogens (tertiary/aromatic N) is 1. The second kappa shape index (κ2) is 17.4. The van der Waals surface area contributed by atoms with Gasteiger partial charge in [-0.25, -0.2) is 0 Å². The molecule has 37 heavy (non-hydrogen) atoms. The van der Waals surface area contributed by atoms with Crippen LogP contribution in [0.2, 0.25) is 0 Å². The molecule has 0 aromatic rings. The monoisotopic (exact) mass is 542 g/mol. The van der Waals surface area contributed by atoms with E-state index in [2.05, 4.69) is 16.0 Å². The smallest absolute Gasteiger partial charge is 0.245 e. The second-order valence-corrected chi connectivity index (χ2v) is 11.0. The summed E-state index contributed by atoms with van der Waals surface area (Å²) in [5.74, 6) is -0.771. The molecular weight excluding hydrogens is 496 g/mol. The molecule has 0 aromatic carbocycles. The Balaban J connectivity index is 2.99. The molecule has 1 saturated heterocycles. The van der Waals surface area contributed by atoms with Gasteiger partial charge in [0, 0.05) is 6.54 Å². The van der Waals surface area contributed by atoms with Crippen LogP contribution in [0.1, 0.15) is 65.7 Å². The van der Waals surface area contributed by atoms with Crippen LogP contribution in [-0.4, -0.2) is 90.1 Å². The van der Waals surface area contributed by atoms with Gasteiger partial charge in [0.1, 0.15) is 24.4 Å². The number of nitrogens with one attached hydrogen (secondary N) is 3. The maximum Gasteiger partial charge on any atom is 0.245 e. The third-order valence-corrected chi connectivity index (χ3v) is 6.92. The predicted octanol–water partition coefficient (Wildman–Crippen LogP) is -0.0939. The maximum absolute atomic E-state index is 13.4. The third-order valence-electron chi connectivity index (χ3n) is 6.28. The van der Waals surface area contributed by atoms with Crippen LogP contribution in [0.15, 0.2) is 0 Å². The van der Waals surface area contributed by atoms with Crippen molar-refractivity contribution in [1.82, 2.24) is 20.9 Å². The molecule has 1 aliphatic heterocycles. The van der Waals surface area contributed by atoms with Crippen LogP contribution in [0, 0.1) is 5.92 Å². The molecule has 0 bridgehead atoms. The Hall–Kier alpha value is -2.18. The summed E-state index contributed by atoms with van der Waals surface area (Å²) in [5, 5.41) is 8.26. The fourth-order valence-electron chi connectivity index (χ4n) is 4.23. The lowest BCUT2D eigenvalue weighted by Gasteiger charge is -2.31. The van der Waals surface area contributed by atoms with Crippen LogP contribution in [0.3, 0.4) is 0 Å². The van der Waals surface area contributed by atoms with Crippen molar-refractivity contribution < 1.29 is 24.0 Å². The summed E-state index contributed by atoms with van der Waals surface area (Å²) in [5.41, 5.74) is 11.3. The van der Waals surface area contributed by atoms with E-state index in [9.17, 15) is 24.0 Å². The average Bonchev–Trinajstić information content (AvgIpc) is 3.34. The highest BCUT2D eigenvalue weighted by molar-refractivity contribution is 7.98. The molecular formula is C25H46N6O5S. The minimum Gasteiger partial charge on any atom is -0.345 e. The number of rotatable bonds is 17. The highest BCUT2D eigenvalue weighted by Crippen LogP contribution is 2.21. The highest BCUT2D eigenvalue weighted by Gasteiger charge is 2.39. The van der Waals surface area contributed by atoms with Crippen LogP contribution in [0.4, 0.5) is 0 Å². The lowest BCUT2D eigenvalue weighted by Crippen LogP contribution is -2.57. The summed E-state index contributed by atoms with van der Waals surface area (Å²) in [6.45, 7) is 6.28. The zero-order valence-corrected chi connectivity index (χ0v) is 23.5.